The van der Waals surface area contributed by atoms with E-state index in [1.807, 2.05) is 66.5 Å². The van der Waals surface area contributed by atoms with Gasteiger partial charge in [-0.1, -0.05) is 48.5 Å². The van der Waals surface area contributed by atoms with Crippen LogP contribution in [0, 0.1) is 0 Å². The minimum absolute atomic E-state index is 0.105. The summed E-state index contributed by atoms with van der Waals surface area (Å²) in [4.78, 5) is 18.6. The van der Waals surface area contributed by atoms with E-state index in [0.717, 1.165) is 17.8 Å². The number of rotatable bonds is 6. The minimum Gasteiger partial charge on any atom is -0.352 e. The van der Waals surface area contributed by atoms with Crippen molar-refractivity contribution < 1.29 is 4.79 Å². The number of carbonyl (C=O) groups excluding carboxylic acids is 1. The van der Waals surface area contributed by atoms with Gasteiger partial charge in [-0.25, -0.2) is 0 Å². The van der Waals surface area contributed by atoms with Crippen LogP contribution in [0.25, 0.3) is 0 Å². The van der Waals surface area contributed by atoms with Crippen molar-refractivity contribution >= 4 is 17.3 Å². The van der Waals surface area contributed by atoms with Gasteiger partial charge in [0, 0.05) is 25.5 Å². The van der Waals surface area contributed by atoms with Gasteiger partial charge in [-0.3, -0.25) is 9.78 Å². The largest absolute Gasteiger partial charge is 0.352 e. The molecule has 0 atom stereocenters. The predicted octanol–water partition coefficient (Wildman–Crippen LogP) is 3.82. The average Bonchev–Trinajstić information content (AvgIpc) is 2.69. The summed E-state index contributed by atoms with van der Waals surface area (Å²) in [5.74, 6) is -0.105. The number of para-hydroxylation sites is 1. The number of anilines is 2. The standard InChI is InChI=1S/C21H21N3O/c1-24(19-10-6-3-7-11-19)20-14-18(15-22-16-20)21(25)23-13-12-17-8-4-2-5-9-17/h2-11,14-16H,12-13H2,1H3,(H,23,25). The average molecular weight is 331 g/mol. The molecule has 0 unspecified atom stereocenters. The van der Waals surface area contributed by atoms with Crippen molar-refractivity contribution in [2.24, 2.45) is 0 Å². The predicted molar refractivity (Wildman–Crippen MR) is 101 cm³/mol. The molecular formula is C21H21N3O. The first kappa shape index (κ1) is 16.7. The van der Waals surface area contributed by atoms with Crippen molar-refractivity contribution in [2.75, 3.05) is 18.5 Å². The fraction of sp³-hybridized carbons (Fsp3) is 0.143. The van der Waals surface area contributed by atoms with Gasteiger partial charge in [0.25, 0.3) is 5.91 Å². The van der Waals surface area contributed by atoms with E-state index in [1.54, 1.807) is 12.4 Å². The Morgan fingerprint density at radius 2 is 1.64 bits per heavy atom. The topological polar surface area (TPSA) is 45.2 Å². The molecule has 2 aromatic carbocycles. The lowest BCUT2D eigenvalue weighted by molar-refractivity contribution is 0.0954. The lowest BCUT2D eigenvalue weighted by Gasteiger charge is -2.19. The fourth-order valence-corrected chi connectivity index (χ4v) is 2.60. The van der Waals surface area contributed by atoms with Crippen LogP contribution in [0.4, 0.5) is 11.4 Å². The van der Waals surface area contributed by atoms with Gasteiger partial charge < -0.3 is 10.2 Å². The van der Waals surface area contributed by atoms with E-state index in [1.165, 1.54) is 5.56 Å². The normalized spacial score (nSPS) is 10.3. The Hall–Kier alpha value is -3.14. The quantitative estimate of drug-likeness (QED) is 0.747. The molecule has 0 radical (unpaired) electrons. The van der Waals surface area contributed by atoms with Crippen LogP contribution >= 0.6 is 0 Å². The van der Waals surface area contributed by atoms with Crippen LogP contribution in [0.2, 0.25) is 0 Å². The first-order valence-electron chi connectivity index (χ1n) is 8.30. The summed E-state index contributed by atoms with van der Waals surface area (Å²) in [6.07, 6.45) is 4.16. The molecule has 0 aliphatic heterocycles. The smallest absolute Gasteiger partial charge is 0.252 e. The van der Waals surface area contributed by atoms with Gasteiger partial charge in [0.2, 0.25) is 0 Å². The molecule has 126 valence electrons. The summed E-state index contributed by atoms with van der Waals surface area (Å²) >= 11 is 0. The van der Waals surface area contributed by atoms with Crippen LogP contribution in [0.5, 0.6) is 0 Å². The number of amides is 1. The molecule has 0 bridgehead atoms. The van der Waals surface area contributed by atoms with E-state index in [4.69, 9.17) is 0 Å². The SMILES string of the molecule is CN(c1ccccc1)c1cncc(C(=O)NCCc2ccccc2)c1. The van der Waals surface area contributed by atoms with Crippen molar-refractivity contribution in [3.05, 3.63) is 90.3 Å². The first-order valence-corrected chi connectivity index (χ1v) is 8.30. The Balaban J connectivity index is 1.63. The maximum absolute atomic E-state index is 12.4. The zero-order valence-corrected chi connectivity index (χ0v) is 14.2. The van der Waals surface area contributed by atoms with Crippen molar-refractivity contribution in [1.29, 1.82) is 0 Å². The number of nitrogens with zero attached hydrogens (tertiary/aromatic N) is 2. The molecular weight excluding hydrogens is 310 g/mol. The van der Waals surface area contributed by atoms with E-state index in [0.29, 0.717) is 12.1 Å². The maximum atomic E-state index is 12.4. The highest BCUT2D eigenvalue weighted by Gasteiger charge is 2.09. The van der Waals surface area contributed by atoms with Crippen molar-refractivity contribution in [3.8, 4) is 0 Å². The van der Waals surface area contributed by atoms with Crippen LogP contribution in [0.15, 0.2) is 79.1 Å². The molecule has 1 aromatic heterocycles. The third-order valence-corrected chi connectivity index (χ3v) is 4.06. The number of hydrogen-bond donors (Lipinski definition) is 1. The number of carbonyl (C=O) groups is 1. The van der Waals surface area contributed by atoms with Gasteiger partial charge in [-0.05, 0) is 30.2 Å². The third kappa shape index (κ3) is 4.44. The Morgan fingerprint density at radius 3 is 2.36 bits per heavy atom. The van der Waals surface area contributed by atoms with E-state index < -0.39 is 0 Å². The second-order valence-electron chi connectivity index (χ2n) is 5.82. The van der Waals surface area contributed by atoms with E-state index in [-0.39, 0.29) is 5.91 Å². The maximum Gasteiger partial charge on any atom is 0.252 e. The molecule has 1 amide bonds. The van der Waals surface area contributed by atoms with E-state index in [9.17, 15) is 4.79 Å². The van der Waals surface area contributed by atoms with Crippen LogP contribution in [0.1, 0.15) is 15.9 Å². The Labute approximate surface area is 148 Å². The number of nitrogens with one attached hydrogen (secondary N) is 1. The zero-order chi connectivity index (χ0) is 17.5. The van der Waals surface area contributed by atoms with E-state index >= 15 is 0 Å². The molecule has 25 heavy (non-hydrogen) atoms. The Kier molecular flexibility index (Phi) is 5.42. The Bertz CT molecular complexity index is 819. The van der Waals surface area contributed by atoms with Gasteiger partial charge >= 0.3 is 0 Å². The molecule has 4 heteroatoms. The van der Waals surface area contributed by atoms with Gasteiger partial charge in [0.15, 0.2) is 0 Å². The molecule has 0 spiro atoms. The molecule has 0 aliphatic carbocycles. The van der Waals surface area contributed by atoms with Gasteiger partial charge in [-0.15, -0.1) is 0 Å². The van der Waals surface area contributed by atoms with Crippen molar-refractivity contribution in [1.82, 2.24) is 10.3 Å². The Morgan fingerprint density at radius 1 is 0.960 bits per heavy atom. The molecule has 3 aromatic rings. The highest BCUT2D eigenvalue weighted by molar-refractivity contribution is 5.94. The molecule has 0 saturated carbocycles. The summed E-state index contributed by atoms with van der Waals surface area (Å²) in [6, 6.07) is 22.0. The summed E-state index contributed by atoms with van der Waals surface area (Å²) in [5, 5.41) is 2.96. The fourth-order valence-electron chi connectivity index (χ4n) is 2.60. The summed E-state index contributed by atoms with van der Waals surface area (Å²) in [5.41, 5.74) is 3.69. The van der Waals surface area contributed by atoms with Crippen LogP contribution in [0.3, 0.4) is 0 Å². The van der Waals surface area contributed by atoms with Crippen LogP contribution in [-0.2, 0) is 6.42 Å². The monoisotopic (exact) mass is 331 g/mol. The molecule has 4 nitrogen and oxygen atoms in total. The highest BCUT2D eigenvalue weighted by atomic mass is 16.1. The van der Waals surface area contributed by atoms with E-state index in [2.05, 4.69) is 22.4 Å². The van der Waals surface area contributed by atoms with Crippen molar-refractivity contribution in [3.63, 3.8) is 0 Å². The molecule has 1 N–H and O–H groups in total. The van der Waals surface area contributed by atoms with Crippen molar-refractivity contribution in [2.45, 2.75) is 6.42 Å². The van der Waals surface area contributed by atoms with Crippen LogP contribution in [-0.4, -0.2) is 24.5 Å². The van der Waals surface area contributed by atoms with Crippen LogP contribution < -0.4 is 10.2 Å². The van der Waals surface area contributed by atoms with Gasteiger partial charge in [-0.2, -0.15) is 0 Å². The lowest BCUT2D eigenvalue weighted by atomic mass is 10.1. The first-order chi connectivity index (χ1) is 12.2. The van der Waals surface area contributed by atoms with Gasteiger partial charge in [0.1, 0.15) is 0 Å². The second-order valence-corrected chi connectivity index (χ2v) is 5.82. The highest BCUT2D eigenvalue weighted by Crippen LogP contribution is 2.22. The molecule has 0 saturated heterocycles. The second kappa shape index (κ2) is 8.11. The van der Waals surface area contributed by atoms with Gasteiger partial charge in [0.05, 0.1) is 17.4 Å². The molecule has 0 fully saturated rings. The minimum atomic E-state index is -0.105. The molecule has 1 heterocycles. The molecule has 3 rings (SSSR count). The number of hydrogen-bond acceptors (Lipinski definition) is 3. The summed E-state index contributed by atoms with van der Waals surface area (Å²) in [6.45, 7) is 0.599. The third-order valence-electron chi connectivity index (χ3n) is 4.06. The lowest BCUT2D eigenvalue weighted by Crippen LogP contribution is -2.26. The summed E-state index contributed by atoms with van der Waals surface area (Å²) in [7, 11) is 1.96. The zero-order valence-electron chi connectivity index (χ0n) is 14.2. The number of benzene rings is 2. The number of pyridine rings is 1. The number of aromatic nitrogens is 1. The molecule has 0 aliphatic rings. The summed E-state index contributed by atoms with van der Waals surface area (Å²) < 4.78 is 0.